The molecule has 1 unspecified atom stereocenters. The van der Waals surface area contributed by atoms with Gasteiger partial charge in [-0.15, -0.1) is 0 Å². The van der Waals surface area contributed by atoms with E-state index in [2.05, 4.69) is 10.6 Å². The number of carbonyl (C=O) groups is 1. The summed E-state index contributed by atoms with van der Waals surface area (Å²) in [6.45, 7) is 6.84. The minimum absolute atomic E-state index is 0.0206. The summed E-state index contributed by atoms with van der Waals surface area (Å²) in [7, 11) is 0. The van der Waals surface area contributed by atoms with Gasteiger partial charge in [0.05, 0.1) is 6.42 Å². The van der Waals surface area contributed by atoms with E-state index in [0.717, 1.165) is 0 Å². The number of hydrogen-bond donors (Lipinski definition) is 2. The monoisotopic (exact) mass is 296 g/mol. The Morgan fingerprint density at radius 1 is 1.25 bits per heavy atom. The third kappa shape index (κ3) is 6.98. The highest BCUT2D eigenvalue weighted by Gasteiger charge is 2.35. The highest BCUT2D eigenvalue weighted by molar-refractivity contribution is 5.68. The quantitative estimate of drug-likeness (QED) is 0.838. The summed E-state index contributed by atoms with van der Waals surface area (Å²) in [4.78, 5) is 11.5. The van der Waals surface area contributed by atoms with E-state index in [9.17, 15) is 18.0 Å². The molecule has 0 spiro atoms. The first-order chi connectivity index (χ1) is 8.94. The predicted molar refractivity (Wildman–Crippen MR) is 69.4 cm³/mol. The summed E-state index contributed by atoms with van der Waals surface area (Å²) in [5.74, 6) is 0. The van der Waals surface area contributed by atoms with Crippen molar-refractivity contribution in [1.29, 1.82) is 0 Å². The van der Waals surface area contributed by atoms with Crippen LogP contribution in [0, 0.1) is 0 Å². The third-order valence-electron chi connectivity index (χ3n) is 2.92. The fraction of sp³-hybridized carbons (Fsp3) is 0.923. The minimum Gasteiger partial charge on any atom is -0.444 e. The number of amides is 1. The van der Waals surface area contributed by atoms with Gasteiger partial charge in [0.2, 0.25) is 0 Å². The van der Waals surface area contributed by atoms with Gasteiger partial charge < -0.3 is 15.4 Å². The Morgan fingerprint density at radius 2 is 1.80 bits per heavy atom. The number of rotatable bonds is 4. The second kappa shape index (κ2) is 6.20. The molecule has 1 aliphatic rings. The van der Waals surface area contributed by atoms with Crippen LogP contribution in [-0.2, 0) is 4.74 Å². The van der Waals surface area contributed by atoms with Gasteiger partial charge in [-0.3, -0.25) is 0 Å². The van der Waals surface area contributed by atoms with Gasteiger partial charge in [-0.1, -0.05) is 0 Å². The maximum atomic E-state index is 12.2. The molecule has 0 aromatic carbocycles. The molecule has 2 N–H and O–H groups in total. The zero-order valence-corrected chi connectivity index (χ0v) is 12.3. The average molecular weight is 296 g/mol. The van der Waals surface area contributed by atoms with Crippen molar-refractivity contribution in [3.05, 3.63) is 0 Å². The molecule has 1 rings (SSSR count). The van der Waals surface area contributed by atoms with Crippen molar-refractivity contribution in [2.75, 3.05) is 0 Å². The maximum absolute atomic E-state index is 12.2. The van der Waals surface area contributed by atoms with Gasteiger partial charge >= 0.3 is 12.3 Å². The van der Waals surface area contributed by atoms with Gasteiger partial charge in [-0.05, 0) is 40.5 Å². The van der Waals surface area contributed by atoms with Gasteiger partial charge in [0.15, 0.2) is 0 Å². The maximum Gasteiger partial charge on any atom is 0.407 e. The Kier molecular flexibility index (Phi) is 5.29. The topological polar surface area (TPSA) is 50.4 Å². The molecule has 0 aliphatic heterocycles. The van der Waals surface area contributed by atoms with Crippen LogP contribution in [0.25, 0.3) is 0 Å². The van der Waals surface area contributed by atoms with E-state index in [1.54, 1.807) is 20.8 Å². The Hall–Kier alpha value is -0.980. The third-order valence-corrected chi connectivity index (χ3v) is 2.92. The Bertz CT molecular complexity index is 333. The van der Waals surface area contributed by atoms with Crippen molar-refractivity contribution in [3.63, 3.8) is 0 Å². The standard InChI is InChI=1S/C13H23F3N2O2/c1-8(7-13(14,15)16)17-9-5-10(6-9)18-11(19)20-12(2,3)4/h8-10,17H,5-7H2,1-4H3,(H,18,19). The second-order valence-corrected chi connectivity index (χ2v) is 6.40. The summed E-state index contributed by atoms with van der Waals surface area (Å²) < 4.78 is 41.6. The summed E-state index contributed by atoms with van der Waals surface area (Å²) in [5.41, 5.74) is -0.549. The number of halogens is 3. The lowest BCUT2D eigenvalue weighted by Gasteiger charge is -2.38. The highest BCUT2D eigenvalue weighted by Crippen LogP contribution is 2.25. The van der Waals surface area contributed by atoms with E-state index >= 15 is 0 Å². The lowest BCUT2D eigenvalue weighted by molar-refractivity contribution is -0.139. The Morgan fingerprint density at radius 3 is 2.25 bits per heavy atom. The van der Waals surface area contributed by atoms with Crippen LogP contribution in [0.2, 0.25) is 0 Å². The molecule has 1 atom stereocenters. The normalized spacial score (nSPS) is 24.8. The Balaban J connectivity index is 2.18. The summed E-state index contributed by atoms with van der Waals surface area (Å²) in [5, 5.41) is 5.61. The van der Waals surface area contributed by atoms with E-state index in [1.807, 2.05) is 0 Å². The first-order valence-electron chi connectivity index (χ1n) is 6.77. The van der Waals surface area contributed by atoms with Crippen LogP contribution in [0.3, 0.4) is 0 Å². The van der Waals surface area contributed by atoms with Crippen LogP contribution >= 0.6 is 0 Å². The van der Waals surface area contributed by atoms with E-state index in [1.165, 1.54) is 6.92 Å². The number of ether oxygens (including phenoxy) is 1. The molecule has 1 aliphatic carbocycles. The van der Waals surface area contributed by atoms with Crippen LogP contribution < -0.4 is 10.6 Å². The first kappa shape index (κ1) is 17.1. The first-order valence-corrected chi connectivity index (χ1v) is 6.77. The zero-order valence-electron chi connectivity index (χ0n) is 12.3. The molecule has 7 heteroatoms. The molecule has 4 nitrogen and oxygen atoms in total. The molecule has 1 amide bonds. The smallest absolute Gasteiger partial charge is 0.407 e. The van der Waals surface area contributed by atoms with Crippen LogP contribution in [0.5, 0.6) is 0 Å². The molecule has 1 saturated carbocycles. The molecule has 1 fully saturated rings. The zero-order chi connectivity index (χ0) is 15.6. The molecule has 0 aromatic rings. The predicted octanol–water partition coefficient (Wildman–Crippen LogP) is 2.97. The van der Waals surface area contributed by atoms with Crippen molar-refractivity contribution in [1.82, 2.24) is 10.6 Å². The van der Waals surface area contributed by atoms with Crippen LogP contribution in [0.1, 0.15) is 47.0 Å². The van der Waals surface area contributed by atoms with Gasteiger partial charge in [0, 0.05) is 18.1 Å². The van der Waals surface area contributed by atoms with Crippen molar-refractivity contribution in [2.24, 2.45) is 0 Å². The number of alkyl halides is 3. The fourth-order valence-electron chi connectivity index (χ4n) is 2.15. The molecular formula is C13H23F3N2O2. The number of alkyl carbamates (subject to hydrolysis) is 1. The van der Waals surface area contributed by atoms with Crippen molar-refractivity contribution >= 4 is 6.09 Å². The van der Waals surface area contributed by atoms with Crippen molar-refractivity contribution in [2.45, 2.75) is 76.9 Å². The summed E-state index contributed by atoms with van der Waals surface area (Å²) >= 11 is 0. The molecule has 0 bridgehead atoms. The molecule has 0 radical (unpaired) electrons. The molecule has 118 valence electrons. The van der Waals surface area contributed by atoms with Crippen molar-refractivity contribution < 1.29 is 22.7 Å². The summed E-state index contributed by atoms with van der Waals surface area (Å²) in [6.07, 6.45) is -4.22. The lowest BCUT2D eigenvalue weighted by atomic mass is 9.86. The van der Waals surface area contributed by atoms with E-state index in [4.69, 9.17) is 4.74 Å². The highest BCUT2D eigenvalue weighted by atomic mass is 19.4. The molecule has 0 aromatic heterocycles. The van der Waals surface area contributed by atoms with E-state index in [-0.39, 0.29) is 12.1 Å². The van der Waals surface area contributed by atoms with Gasteiger partial charge in [-0.25, -0.2) is 4.79 Å². The molecule has 20 heavy (non-hydrogen) atoms. The van der Waals surface area contributed by atoms with Crippen LogP contribution in [-0.4, -0.2) is 36.0 Å². The van der Waals surface area contributed by atoms with Gasteiger partial charge in [-0.2, -0.15) is 13.2 Å². The summed E-state index contributed by atoms with van der Waals surface area (Å²) in [6, 6.07) is -0.616. The SMILES string of the molecule is CC(CC(F)(F)F)NC1CC(NC(=O)OC(C)(C)C)C1. The van der Waals surface area contributed by atoms with E-state index in [0.29, 0.717) is 12.8 Å². The fourth-order valence-corrected chi connectivity index (χ4v) is 2.15. The molecular weight excluding hydrogens is 273 g/mol. The number of carbonyl (C=O) groups excluding carboxylic acids is 1. The lowest BCUT2D eigenvalue weighted by Crippen LogP contribution is -2.55. The van der Waals surface area contributed by atoms with Crippen LogP contribution in [0.4, 0.5) is 18.0 Å². The number of nitrogens with one attached hydrogen (secondary N) is 2. The Labute approximate surface area is 117 Å². The molecule has 0 heterocycles. The number of hydrogen-bond acceptors (Lipinski definition) is 3. The largest absolute Gasteiger partial charge is 0.444 e. The van der Waals surface area contributed by atoms with Crippen LogP contribution in [0.15, 0.2) is 0 Å². The van der Waals surface area contributed by atoms with Gasteiger partial charge in [0.25, 0.3) is 0 Å². The van der Waals surface area contributed by atoms with E-state index < -0.39 is 30.3 Å². The molecule has 0 saturated heterocycles. The van der Waals surface area contributed by atoms with Gasteiger partial charge in [0.1, 0.15) is 5.60 Å². The minimum atomic E-state index is -4.15. The average Bonchev–Trinajstić information content (AvgIpc) is 2.07. The second-order valence-electron chi connectivity index (χ2n) is 6.40. The van der Waals surface area contributed by atoms with Crippen molar-refractivity contribution in [3.8, 4) is 0 Å².